The smallest absolute Gasteiger partial charge is 0.254 e. The van der Waals surface area contributed by atoms with E-state index in [2.05, 4.69) is 0 Å². The Kier molecular flexibility index (Phi) is 3.47. The van der Waals surface area contributed by atoms with Crippen LogP contribution in [0.5, 0.6) is 0 Å². The van der Waals surface area contributed by atoms with E-state index >= 15 is 0 Å². The molecular weight excluding hydrogens is 242 g/mol. The Balaban J connectivity index is 2.22. The summed E-state index contributed by atoms with van der Waals surface area (Å²) in [5.74, 6) is -2.29. The molecule has 0 bridgehead atoms. The molecule has 2 rings (SSSR count). The molecule has 1 fully saturated rings. The Hall–Kier alpha value is -1.69. The molecule has 0 aliphatic carbocycles. The Labute approximate surface area is 103 Å². The lowest BCUT2D eigenvalue weighted by Gasteiger charge is -2.23. The van der Waals surface area contributed by atoms with Crippen molar-refractivity contribution in [3.05, 3.63) is 29.3 Å². The van der Waals surface area contributed by atoms with Crippen LogP contribution in [0.25, 0.3) is 0 Å². The molecule has 1 heterocycles. The van der Waals surface area contributed by atoms with E-state index in [9.17, 15) is 13.6 Å². The van der Waals surface area contributed by atoms with Crippen LogP contribution >= 0.6 is 0 Å². The highest BCUT2D eigenvalue weighted by atomic mass is 19.1. The molecule has 2 N–H and O–H groups in total. The molecule has 1 atom stereocenters. The second-order valence-electron chi connectivity index (χ2n) is 4.29. The predicted octanol–water partition coefficient (Wildman–Crippen LogP) is 1.41. The van der Waals surface area contributed by atoms with Crippen LogP contribution in [-0.2, 0) is 4.74 Å². The highest BCUT2D eigenvalue weighted by molar-refractivity contribution is 5.94. The van der Waals surface area contributed by atoms with Gasteiger partial charge in [-0.25, -0.2) is 8.78 Å². The van der Waals surface area contributed by atoms with Crippen molar-refractivity contribution >= 4 is 11.6 Å². The minimum Gasteiger partial charge on any atom is -0.394 e. The van der Waals surface area contributed by atoms with Gasteiger partial charge in [-0.1, -0.05) is 0 Å². The molecule has 1 aromatic carbocycles. The van der Waals surface area contributed by atoms with E-state index < -0.39 is 23.2 Å². The second kappa shape index (κ2) is 4.89. The van der Waals surface area contributed by atoms with Crippen molar-refractivity contribution in [1.29, 1.82) is 0 Å². The van der Waals surface area contributed by atoms with Gasteiger partial charge in [0.15, 0.2) is 0 Å². The number of rotatable bonds is 2. The van der Waals surface area contributed by atoms with Crippen molar-refractivity contribution in [3.8, 4) is 0 Å². The average Bonchev–Trinajstić information content (AvgIpc) is 2.87. The van der Waals surface area contributed by atoms with Crippen LogP contribution in [-0.4, -0.2) is 37.1 Å². The lowest BCUT2D eigenvalue weighted by atomic mass is 10.1. The van der Waals surface area contributed by atoms with E-state index in [0.29, 0.717) is 13.2 Å². The summed E-state index contributed by atoms with van der Waals surface area (Å²) in [6.07, 6.45) is 0.724. The third-order valence-corrected chi connectivity index (χ3v) is 3.10. The summed E-state index contributed by atoms with van der Waals surface area (Å²) in [4.78, 5) is 13.5. The molecule has 1 aliphatic heterocycles. The summed E-state index contributed by atoms with van der Waals surface area (Å²) in [5.41, 5.74) is 4.54. The minimum atomic E-state index is -0.922. The zero-order valence-corrected chi connectivity index (χ0v) is 9.95. The number of carbonyl (C=O) groups excluding carboxylic acids is 1. The van der Waals surface area contributed by atoms with Crippen molar-refractivity contribution in [2.24, 2.45) is 0 Å². The molecule has 6 heteroatoms. The number of hydrogen-bond acceptors (Lipinski definition) is 3. The standard InChI is InChI=1S/C12H14F2N2O2/c1-16(8-2-3-18-6-8)12(17)7-4-9(13)11(15)10(14)5-7/h4-5,8H,2-3,6,15H2,1H3. The van der Waals surface area contributed by atoms with Crippen molar-refractivity contribution in [1.82, 2.24) is 4.90 Å². The van der Waals surface area contributed by atoms with Crippen LogP contribution in [0, 0.1) is 11.6 Å². The summed E-state index contributed by atoms with van der Waals surface area (Å²) in [5, 5.41) is 0. The van der Waals surface area contributed by atoms with E-state index in [1.807, 2.05) is 0 Å². The zero-order valence-electron chi connectivity index (χ0n) is 9.95. The molecule has 1 aromatic rings. The quantitative estimate of drug-likeness (QED) is 0.814. The van der Waals surface area contributed by atoms with Crippen LogP contribution in [0.2, 0.25) is 0 Å². The van der Waals surface area contributed by atoms with Crippen molar-refractivity contribution in [2.45, 2.75) is 12.5 Å². The molecule has 0 spiro atoms. The Morgan fingerprint density at radius 3 is 2.56 bits per heavy atom. The summed E-state index contributed by atoms with van der Waals surface area (Å²) in [6, 6.07) is 1.85. The highest BCUT2D eigenvalue weighted by Gasteiger charge is 2.25. The third kappa shape index (κ3) is 2.28. The number of halogens is 2. The van der Waals surface area contributed by atoms with Crippen LogP contribution in [0.4, 0.5) is 14.5 Å². The highest BCUT2D eigenvalue weighted by Crippen LogP contribution is 2.20. The first-order valence-electron chi connectivity index (χ1n) is 5.60. The van der Waals surface area contributed by atoms with Crippen LogP contribution in [0.3, 0.4) is 0 Å². The van der Waals surface area contributed by atoms with E-state index in [0.717, 1.165) is 18.6 Å². The SMILES string of the molecule is CN(C(=O)c1cc(F)c(N)c(F)c1)C1CCOC1. The first-order valence-corrected chi connectivity index (χ1v) is 5.60. The summed E-state index contributed by atoms with van der Waals surface area (Å²) in [7, 11) is 1.59. The van der Waals surface area contributed by atoms with Crippen LogP contribution in [0.15, 0.2) is 12.1 Å². The molecular formula is C12H14F2N2O2. The van der Waals surface area contributed by atoms with E-state index in [1.54, 1.807) is 7.05 Å². The number of benzene rings is 1. The maximum atomic E-state index is 13.3. The van der Waals surface area contributed by atoms with Crippen molar-refractivity contribution < 1.29 is 18.3 Å². The summed E-state index contributed by atoms with van der Waals surface area (Å²) in [6.45, 7) is 1.04. The van der Waals surface area contributed by atoms with Gasteiger partial charge >= 0.3 is 0 Å². The third-order valence-electron chi connectivity index (χ3n) is 3.10. The fourth-order valence-corrected chi connectivity index (χ4v) is 1.90. The number of nitrogens with zero attached hydrogens (tertiary/aromatic N) is 1. The van der Waals surface area contributed by atoms with Crippen molar-refractivity contribution in [2.75, 3.05) is 26.0 Å². The van der Waals surface area contributed by atoms with E-state index in [-0.39, 0.29) is 11.6 Å². The molecule has 1 saturated heterocycles. The molecule has 1 aliphatic rings. The maximum absolute atomic E-state index is 13.3. The predicted molar refractivity (Wildman–Crippen MR) is 62.1 cm³/mol. The zero-order chi connectivity index (χ0) is 13.3. The average molecular weight is 256 g/mol. The first kappa shape index (κ1) is 12.8. The number of nitrogen functional groups attached to an aromatic ring is 1. The number of hydrogen-bond donors (Lipinski definition) is 1. The number of likely N-dealkylation sites (N-methyl/N-ethyl adjacent to an activating group) is 1. The van der Waals surface area contributed by atoms with Gasteiger partial charge in [0.2, 0.25) is 0 Å². The van der Waals surface area contributed by atoms with Gasteiger partial charge < -0.3 is 15.4 Å². The maximum Gasteiger partial charge on any atom is 0.254 e. The van der Waals surface area contributed by atoms with Gasteiger partial charge in [-0.3, -0.25) is 4.79 Å². The number of nitrogens with two attached hydrogens (primary N) is 1. The number of anilines is 1. The number of carbonyl (C=O) groups is 1. The topological polar surface area (TPSA) is 55.6 Å². The molecule has 0 aromatic heterocycles. The summed E-state index contributed by atoms with van der Waals surface area (Å²) < 4.78 is 31.7. The largest absolute Gasteiger partial charge is 0.394 e. The van der Waals surface area contributed by atoms with E-state index in [4.69, 9.17) is 10.5 Å². The Morgan fingerprint density at radius 2 is 2.06 bits per heavy atom. The van der Waals surface area contributed by atoms with Gasteiger partial charge in [0.25, 0.3) is 5.91 Å². The molecule has 1 amide bonds. The monoisotopic (exact) mass is 256 g/mol. The van der Waals surface area contributed by atoms with Crippen molar-refractivity contribution in [3.63, 3.8) is 0 Å². The normalized spacial score (nSPS) is 18.9. The molecule has 1 unspecified atom stereocenters. The second-order valence-corrected chi connectivity index (χ2v) is 4.29. The summed E-state index contributed by atoms with van der Waals surface area (Å²) >= 11 is 0. The van der Waals surface area contributed by atoms with E-state index in [1.165, 1.54) is 4.90 Å². The lowest BCUT2D eigenvalue weighted by molar-refractivity contribution is 0.0710. The van der Waals surface area contributed by atoms with Gasteiger partial charge in [-0.05, 0) is 18.6 Å². The molecule has 18 heavy (non-hydrogen) atoms. The van der Waals surface area contributed by atoms with Gasteiger partial charge in [-0.15, -0.1) is 0 Å². The van der Waals surface area contributed by atoms with Gasteiger partial charge in [0, 0.05) is 19.2 Å². The molecule has 0 saturated carbocycles. The number of amides is 1. The lowest BCUT2D eigenvalue weighted by Crippen LogP contribution is -2.37. The minimum absolute atomic E-state index is 0.0476. The number of ether oxygens (including phenoxy) is 1. The Morgan fingerprint density at radius 1 is 1.44 bits per heavy atom. The first-order chi connectivity index (χ1) is 8.50. The van der Waals surface area contributed by atoms with Crippen LogP contribution in [0.1, 0.15) is 16.8 Å². The molecule has 4 nitrogen and oxygen atoms in total. The fraction of sp³-hybridized carbons (Fsp3) is 0.417. The Bertz CT molecular complexity index is 450. The van der Waals surface area contributed by atoms with Gasteiger partial charge in [-0.2, -0.15) is 0 Å². The molecule has 0 radical (unpaired) electrons. The van der Waals surface area contributed by atoms with Crippen LogP contribution < -0.4 is 5.73 Å². The fourth-order valence-electron chi connectivity index (χ4n) is 1.90. The van der Waals surface area contributed by atoms with Gasteiger partial charge in [0.05, 0.1) is 12.6 Å². The molecule has 98 valence electrons. The van der Waals surface area contributed by atoms with Gasteiger partial charge in [0.1, 0.15) is 17.3 Å².